The average Bonchev–Trinajstić information content (AvgIpc) is 2.14. The number of carbonyl (C=O) groups is 1. The van der Waals surface area contributed by atoms with Crippen LogP contribution >= 0.6 is 0 Å². The first-order valence-electron chi connectivity index (χ1n) is 2.57. The van der Waals surface area contributed by atoms with Gasteiger partial charge in [-0.1, -0.05) is 12.2 Å². The Balaban J connectivity index is 2.53. The zero-order valence-corrected chi connectivity index (χ0v) is 4.76. The minimum absolute atomic E-state index is 0.160. The monoisotopic (exact) mass is 112 g/mol. The molecule has 0 aliphatic heterocycles. The first kappa shape index (κ1) is 5.51. The molecule has 0 aromatic carbocycles. The Morgan fingerprint density at radius 3 is 2.88 bits per heavy atom. The molecule has 0 saturated carbocycles. The van der Waals surface area contributed by atoms with E-state index in [0.717, 1.165) is 0 Å². The summed E-state index contributed by atoms with van der Waals surface area (Å²) < 4.78 is 4.79. The predicted octanol–water partition coefficient (Wildman–Crippen LogP) is 0.530. The molecule has 0 N–H and O–H groups in total. The maximum atomic E-state index is 10.6. The van der Waals surface area contributed by atoms with Gasteiger partial charge in [0.15, 0.2) is 5.78 Å². The van der Waals surface area contributed by atoms with E-state index >= 15 is 0 Å². The maximum Gasteiger partial charge on any atom is 0.169 e. The number of allylic oxidation sites excluding steroid dienone is 1. The van der Waals surface area contributed by atoms with E-state index in [-0.39, 0.29) is 11.9 Å². The summed E-state index contributed by atoms with van der Waals surface area (Å²) >= 11 is 0. The van der Waals surface area contributed by atoms with Crippen LogP contribution in [-0.2, 0) is 9.53 Å². The lowest BCUT2D eigenvalue weighted by molar-refractivity contribution is -0.124. The molecule has 0 radical (unpaired) electrons. The van der Waals surface area contributed by atoms with Crippen LogP contribution < -0.4 is 0 Å². The Morgan fingerprint density at radius 1 is 1.88 bits per heavy atom. The highest BCUT2D eigenvalue weighted by atomic mass is 16.5. The highest BCUT2D eigenvalue weighted by Gasteiger charge is 2.16. The second-order valence-corrected chi connectivity index (χ2v) is 1.75. The molecule has 1 atom stereocenters. The van der Waals surface area contributed by atoms with Gasteiger partial charge in [-0.2, -0.15) is 0 Å². The van der Waals surface area contributed by atoms with Crippen molar-refractivity contribution in [2.45, 2.75) is 12.5 Å². The largest absolute Gasteiger partial charge is 0.370 e. The van der Waals surface area contributed by atoms with Crippen molar-refractivity contribution in [1.82, 2.24) is 0 Å². The molecule has 1 unspecified atom stereocenters. The Hall–Kier alpha value is -0.630. The summed E-state index contributed by atoms with van der Waals surface area (Å²) in [6.45, 7) is 0. The summed E-state index contributed by atoms with van der Waals surface area (Å²) in [5.74, 6) is 0.160. The molecule has 0 aromatic heterocycles. The first-order chi connectivity index (χ1) is 3.84. The molecule has 0 amide bonds. The number of methoxy groups -OCH3 is 1. The zero-order valence-electron chi connectivity index (χ0n) is 4.76. The van der Waals surface area contributed by atoms with E-state index in [1.807, 2.05) is 6.08 Å². The van der Waals surface area contributed by atoms with E-state index in [9.17, 15) is 4.79 Å². The van der Waals surface area contributed by atoms with Gasteiger partial charge >= 0.3 is 0 Å². The van der Waals surface area contributed by atoms with E-state index < -0.39 is 0 Å². The van der Waals surface area contributed by atoms with E-state index in [2.05, 4.69) is 0 Å². The standard InChI is InChI=1S/C6H8O2/c1-8-6-4-2-3-5(6)7/h2,4,6H,3H2,1H3. The Labute approximate surface area is 48.1 Å². The van der Waals surface area contributed by atoms with Crippen LogP contribution in [0, 0.1) is 0 Å². The summed E-state index contributed by atoms with van der Waals surface area (Å²) in [6.07, 6.45) is 3.90. The Bertz CT molecular complexity index is 126. The van der Waals surface area contributed by atoms with Gasteiger partial charge in [-0.05, 0) is 0 Å². The van der Waals surface area contributed by atoms with E-state index in [1.165, 1.54) is 7.11 Å². The van der Waals surface area contributed by atoms with Crippen LogP contribution in [0.25, 0.3) is 0 Å². The Kier molecular flexibility index (Phi) is 1.44. The summed E-state index contributed by atoms with van der Waals surface area (Å²) in [5, 5.41) is 0. The van der Waals surface area contributed by atoms with Crippen molar-refractivity contribution in [3.63, 3.8) is 0 Å². The third-order valence-corrected chi connectivity index (χ3v) is 1.20. The second-order valence-electron chi connectivity index (χ2n) is 1.75. The predicted molar refractivity (Wildman–Crippen MR) is 29.6 cm³/mol. The second kappa shape index (κ2) is 2.09. The maximum absolute atomic E-state index is 10.6. The quantitative estimate of drug-likeness (QED) is 0.462. The fraction of sp³-hybridized carbons (Fsp3) is 0.500. The number of hydrogen-bond donors (Lipinski definition) is 0. The summed E-state index contributed by atoms with van der Waals surface area (Å²) in [6, 6.07) is 0. The molecule has 0 aromatic rings. The molecular weight excluding hydrogens is 104 g/mol. The number of ketones is 1. The van der Waals surface area contributed by atoms with Crippen molar-refractivity contribution in [3.05, 3.63) is 12.2 Å². The van der Waals surface area contributed by atoms with Gasteiger partial charge in [-0.3, -0.25) is 4.79 Å². The minimum atomic E-state index is -0.255. The molecule has 0 heterocycles. The summed E-state index contributed by atoms with van der Waals surface area (Å²) in [5.41, 5.74) is 0. The number of rotatable bonds is 1. The molecule has 0 bridgehead atoms. The van der Waals surface area contributed by atoms with Gasteiger partial charge in [0.1, 0.15) is 6.10 Å². The fourth-order valence-corrected chi connectivity index (χ4v) is 0.741. The lowest BCUT2D eigenvalue weighted by atomic mass is 10.3. The molecule has 0 saturated heterocycles. The Morgan fingerprint density at radius 2 is 2.62 bits per heavy atom. The van der Waals surface area contributed by atoms with Gasteiger partial charge in [0, 0.05) is 13.5 Å². The normalized spacial score (nSPS) is 27.1. The van der Waals surface area contributed by atoms with Crippen LogP contribution in [0.2, 0.25) is 0 Å². The molecule has 44 valence electrons. The number of Topliss-reactive ketones (excluding diaryl/α,β-unsaturated/α-hetero) is 1. The lowest BCUT2D eigenvalue weighted by Crippen LogP contribution is -2.14. The van der Waals surface area contributed by atoms with Gasteiger partial charge in [-0.25, -0.2) is 0 Å². The van der Waals surface area contributed by atoms with E-state index in [0.29, 0.717) is 6.42 Å². The van der Waals surface area contributed by atoms with Crippen LogP contribution in [0.3, 0.4) is 0 Å². The number of carbonyl (C=O) groups excluding carboxylic acids is 1. The zero-order chi connectivity index (χ0) is 5.98. The van der Waals surface area contributed by atoms with Crippen molar-refractivity contribution in [2.24, 2.45) is 0 Å². The van der Waals surface area contributed by atoms with Crippen LogP contribution in [0.5, 0.6) is 0 Å². The number of ether oxygens (including phenoxy) is 1. The summed E-state index contributed by atoms with van der Waals surface area (Å²) in [7, 11) is 1.54. The van der Waals surface area contributed by atoms with Gasteiger partial charge in [0.2, 0.25) is 0 Å². The van der Waals surface area contributed by atoms with Gasteiger partial charge in [0.25, 0.3) is 0 Å². The third-order valence-electron chi connectivity index (χ3n) is 1.20. The van der Waals surface area contributed by atoms with Crippen LogP contribution in [-0.4, -0.2) is 19.0 Å². The molecule has 2 nitrogen and oxygen atoms in total. The molecule has 1 aliphatic rings. The van der Waals surface area contributed by atoms with Crippen LogP contribution in [0.1, 0.15) is 6.42 Å². The van der Waals surface area contributed by atoms with Crippen molar-refractivity contribution in [2.75, 3.05) is 7.11 Å². The molecule has 8 heavy (non-hydrogen) atoms. The van der Waals surface area contributed by atoms with Crippen molar-refractivity contribution >= 4 is 5.78 Å². The van der Waals surface area contributed by atoms with Gasteiger partial charge in [0.05, 0.1) is 0 Å². The first-order valence-corrected chi connectivity index (χ1v) is 2.57. The highest BCUT2D eigenvalue weighted by molar-refractivity contribution is 5.88. The topological polar surface area (TPSA) is 26.3 Å². The third kappa shape index (κ3) is 0.793. The van der Waals surface area contributed by atoms with E-state index in [1.54, 1.807) is 6.08 Å². The minimum Gasteiger partial charge on any atom is -0.370 e. The fourth-order valence-electron chi connectivity index (χ4n) is 0.741. The van der Waals surface area contributed by atoms with Crippen molar-refractivity contribution in [1.29, 1.82) is 0 Å². The van der Waals surface area contributed by atoms with Gasteiger partial charge < -0.3 is 4.74 Å². The molecule has 2 heteroatoms. The lowest BCUT2D eigenvalue weighted by Gasteiger charge is -1.99. The van der Waals surface area contributed by atoms with Crippen molar-refractivity contribution < 1.29 is 9.53 Å². The highest BCUT2D eigenvalue weighted by Crippen LogP contribution is 2.06. The van der Waals surface area contributed by atoms with Crippen molar-refractivity contribution in [3.8, 4) is 0 Å². The molecule has 1 rings (SSSR count). The van der Waals surface area contributed by atoms with Gasteiger partial charge in [-0.15, -0.1) is 0 Å². The SMILES string of the molecule is COC1C=CCC1=O. The van der Waals surface area contributed by atoms with E-state index in [4.69, 9.17) is 4.74 Å². The summed E-state index contributed by atoms with van der Waals surface area (Å²) in [4.78, 5) is 10.6. The van der Waals surface area contributed by atoms with Crippen LogP contribution in [0.15, 0.2) is 12.2 Å². The molecule has 0 spiro atoms. The smallest absolute Gasteiger partial charge is 0.169 e. The molecule has 0 fully saturated rings. The average molecular weight is 112 g/mol. The molecular formula is C6H8O2. The number of hydrogen-bond acceptors (Lipinski definition) is 2. The molecule has 1 aliphatic carbocycles. The van der Waals surface area contributed by atoms with Crippen LogP contribution in [0.4, 0.5) is 0 Å².